The van der Waals surface area contributed by atoms with Gasteiger partial charge in [0.15, 0.2) is 5.82 Å². The Hall–Kier alpha value is -0.470. The van der Waals surface area contributed by atoms with Gasteiger partial charge in [0, 0.05) is 18.5 Å². The average molecular weight is 348 g/mol. The molecule has 1 atom stereocenters. The number of aromatic nitrogens is 3. The Morgan fingerprint density at radius 1 is 1.56 bits per heavy atom. The van der Waals surface area contributed by atoms with Crippen LogP contribution in [0.1, 0.15) is 23.7 Å². The van der Waals surface area contributed by atoms with Gasteiger partial charge in [-0.05, 0) is 41.6 Å². The Balaban J connectivity index is 1.91. The number of hydrogen-bond donors (Lipinski definition) is 1. The summed E-state index contributed by atoms with van der Waals surface area (Å²) in [5.41, 5.74) is 0. The van der Waals surface area contributed by atoms with Gasteiger partial charge in [0.2, 0.25) is 0 Å². The molecule has 86 valence electrons. The van der Waals surface area contributed by atoms with E-state index in [2.05, 4.69) is 57.0 Å². The molecule has 6 heteroatoms. The molecule has 0 radical (unpaired) electrons. The minimum absolute atomic E-state index is 0.181. The zero-order valence-corrected chi connectivity index (χ0v) is 12.1. The smallest absolute Gasteiger partial charge is 0.167 e. The van der Waals surface area contributed by atoms with E-state index in [1.165, 1.54) is 7.76 Å². The summed E-state index contributed by atoms with van der Waals surface area (Å²) in [4.78, 5) is 5.56. The Labute approximate surface area is 112 Å². The van der Waals surface area contributed by atoms with E-state index >= 15 is 0 Å². The Bertz CT molecular complexity index is 465. The molecule has 0 aliphatic rings. The summed E-state index contributed by atoms with van der Waals surface area (Å²) in [7, 11) is 1.88. The van der Waals surface area contributed by atoms with E-state index in [0.717, 1.165) is 12.4 Å². The predicted octanol–water partition coefficient (Wildman–Crippen LogP) is 2.33. The van der Waals surface area contributed by atoms with Crippen molar-refractivity contribution in [1.29, 1.82) is 0 Å². The van der Waals surface area contributed by atoms with Gasteiger partial charge in [0.1, 0.15) is 6.33 Å². The van der Waals surface area contributed by atoms with Crippen LogP contribution < -0.4 is 5.32 Å². The Morgan fingerprint density at radius 3 is 2.94 bits per heavy atom. The maximum atomic E-state index is 4.27. The minimum atomic E-state index is 0.181. The van der Waals surface area contributed by atoms with Crippen LogP contribution in [-0.2, 0) is 13.6 Å². The van der Waals surface area contributed by atoms with Gasteiger partial charge in [-0.15, -0.1) is 11.3 Å². The number of nitrogens with zero attached hydrogens (tertiary/aromatic N) is 3. The van der Waals surface area contributed by atoms with Crippen molar-refractivity contribution in [2.24, 2.45) is 7.05 Å². The molecule has 4 nitrogen and oxygen atoms in total. The number of nitrogens with one attached hydrogen (secondary N) is 1. The Morgan fingerprint density at radius 2 is 2.38 bits per heavy atom. The fraction of sp³-hybridized carbons (Fsp3) is 0.400. The largest absolute Gasteiger partial charge is 0.303 e. The molecule has 1 N–H and O–H groups in total. The molecule has 0 bridgehead atoms. The second kappa shape index (κ2) is 5.24. The summed E-state index contributed by atoms with van der Waals surface area (Å²) in [6.45, 7) is 2.95. The topological polar surface area (TPSA) is 42.7 Å². The second-order valence-corrected chi connectivity index (χ2v) is 6.65. The zero-order chi connectivity index (χ0) is 11.5. The van der Waals surface area contributed by atoms with Crippen LogP contribution in [0.25, 0.3) is 0 Å². The summed E-state index contributed by atoms with van der Waals surface area (Å²) in [6.07, 6.45) is 1.72. The highest BCUT2D eigenvalue weighted by atomic mass is 127. The maximum absolute atomic E-state index is 4.27. The first-order valence-electron chi connectivity index (χ1n) is 4.98. The van der Waals surface area contributed by atoms with Crippen LogP contribution in [0, 0.1) is 2.88 Å². The summed E-state index contributed by atoms with van der Waals surface area (Å²) < 4.78 is 3.04. The van der Waals surface area contributed by atoms with E-state index in [4.69, 9.17) is 0 Å². The van der Waals surface area contributed by atoms with Gasteiger partial charge in [-0.3, -0.25) is 4.68 Å². The highest BCUT2D eigenvalue weighted by Gasteiger charge is 2.09. The highest BCUT2D eigenvalue weighted by molar-refractivity contribution is 14.1. The molecule has 0 aromatic carbocycles. The van der Waals surface area contributed by atoms with Crippen LogP contribution in [0.5, 0.6) is 0 Å². The lowest BCUT2D eigenvalue weighted by atomic mass is 10.3. The molecule has 0 amide bonds. The fourth-order valence-electron chi connectivity index (χ4n) is 1.35. The lowest BCUT2D eigenvalue weighted by Crippen LogP contribution is -2.18. The van der Waals surface area contributed by atoms with Crippen molar-refractivity contribution in [3.05, 3.63) is 32.0 Å². The van der Waals surface area contributed by atoms with E-state index in [0.29, 0.717) is 0 Å². The molecule has 0 saturated carbocycles. The predicted molar refractivity (Wildman–Crippen MR) is 73.3 cm³/mol. The number of thiophene rings is 1. The van der Waals surface area contributed by atoms with Crippen molar-refractivity contribution in [2.45, 2.75) is 19.5 Å². The summed E-state index contributed by atoms with van der Waals surface area (Å²) in [5, 5.41) is 7.68. The van der Waals surface area contributed by atoms with Crippen molar-refractivity contribution < 1.29 is 0 Å². The first-order valence-corrected chi connectivity index (χ1v) is 6.88. The lowest BCUT2D eigenvalue weighted by Gasteiger charge is -2.08. The third-order valence-corrected chi connectivity index (χ3v) is 4.11. The molecule has 2 rings (SSSR count). The number of rotatable bonds is 4. The zero-order valence-electron chi connectivity index (χ0n) is 9.14. The molecule has 0 aliphatic heterocycles. The van der Waals surface area contributed by atoms with Crippen molar-refractivity contribution in [3.8, 4) is 0 Å². The molecule has 0 fully saturated rings. The third-order valence-electron chi connectivity index (χ3n) is 2.22. The van der Waals surface area contributed by atoms with Crippen molar-refractivity contribution in [3.63, 3.8) is 0 Å². The molecule has 16 heavy (non-hydrogen) atoms. The van der Waals surface area contributed by atoms with E-state index in [1.54, 1.807) is 11.0 Å². The van der Waals surface area contributed by atoms with Crippen molar-refractivity contribution >= 4 is 33.9 Å². The fourth-order valence-corrected chi connectivity index (χ4v) is 3.05. The monoisotopic (exact) mass is 348 g/mol. The SMILES string of the molecule is CC(NCc1ccc(I)s1)c1ncn(C)n1. The third kappa shape index (κ3) is 3.02. The first-order chi connectivity index (χ1) is 7.65. The molecule has 1 unspecified atom stereocenters. The van der Waals surface area contributed by atoms with Crippen LogP contribution in [0.4, 0.5) is 0 Å². The van der Waals surface area contributed by atoms with Gasteiger partial charge in [0.25, 0.3) is 0 Å². The number of aryl methyl sites for hydroxylation is 1. The van der Waals surface area contributed by atoms with E-state index in [9.17, 15) is 0 Å². The molecular weight excluding hydrogens is 335 g/mol. The Kier molecular flexibility index (Phi) is 3.93. The van der Waals surface area contributed by atoms with E-state index in [1.807, 2.05) is 18.4 Å². The second-order valence-electron chi connectivity index (χ2n) is 3.58. The lowest BCUT2D eigenvalue weighted by molar-refractivity contribution is 0.544. The van der Waals surface area contributed by atoms with Gasteiger partial charge in [-0.1, -0.05) is 0 Å². The molecular formula is C10H13IN4S. The summed E-state index contributed by atoms with van der Waals surface area (Å²) >= 11 is 4.14. The first kappa shape index (κ1) is 12.0. The standard InChI is InChI=1S/C10H13IN4S/c1-7(10-13-6-15(2)14-10)12-5-8-3-4-9(11)16-8/h3-4,6-7,12H,5H2,1-2H3. The minimum Gasteiger partial charge on any atom is -0.303 e. The normalized spacial score (nSPS) is 12.9. The van der Waals surface area contributed by atoms with Crippen LogP contribution in [-0.4, -0.2) is 14.8 Å². The quantitative estimate of drug-likeness (QED) is 0.863. The summed E-state index contributed by atoms with van der Waals surface area (Å²) in [6, 6.07) is 4.46. The highest BCUT2D eigenvalue weighted by Crippen LogP contribution is 2.18. The van der Waals surface area contributed by atoms with Gasteiger partial charge >= 0.3 is 0 Å². The van der Waals surface area contributed by atoms with Crippen LogP contribution >= 0.6 is 33.9 Å². The summed E-state index contributed by atoms with van der Waals surface area (Å²) in [5.74, 6) is 0.841. The van der Waals surface area contributed by atoms with Gasteiger partial charge in [-0.2, -0.15) is 5.10 Å². The van der Waals surface area contributed by atoms with Gasteiger partial charge in [-0.25, -0.2) is 4.98 Å². The van der Waals surface area contributed by atoms with Crippen LogP contribution in [0.3, 0.4) is 0 Å². The molecule has 2 heterocycles. The maximum Gasteiger partial charge on any atom is 0.167 e. The molecule has 2 aromatic rings. The van der Waals surface area contributed by atoms with Gasteiger partial charge in [0.05, 0.1) is 8.93 Å². The molecule has 2 aromatic heterocycles. The molecule has 0 saturated heterocycles. The van der Waals surface area contributed by atoms with Crippen molar-refractivity contribution in [1.82, 2.24) is 20.1 Å². The van der Waals surface area contributed by atoms with Crippen LogP contribution in [0.15, 0.2) is 18.5 Å². The number of hydrogen-bond acceptors (Lipinski definition) is 4. The van der Waals surface area contributed by atoms with E-state index in [-0.39, 0.29) is 6.04 Å². The molecule has 0 spiro atoms. The molecule has 0 aliphatic carbocycles. The van der Waals surface area contributed by atoms with Gasteiger partial charge < -0.3 is 5.32 Å². The van der Waals surface area contributed by atoms with Crippen LogP contribution in [0.2, 0.25) is 0 Å². The number of halogens is 1. The average Bonchev–Trinajstić information content (AvgIpc) is 2.84. The van der Waals surface area contributed by atoms with E-state index < -0.39 is 0 Å². The van der Waals surface area contributed by atoms with Crippen molar-refractivity contribution in [2.75, 3.05) is 0 Å².